The van der Waals surface area contributed by atoms with E-state index in [0.717, 1.165) is 11.3 Å². The lowest BCUT2D eigenvalue weighted by Crippen LogP contribution is -2.14. The molecule has 1 atom stereocenters. The summed E-state index contributed by atoms with van der Waals surface area (Å²) in [4.78, 5) is 12.1. The molecule has 0 saturated heterocycles. The number of hydrogen-bond donors (Lipinski definition) is 1. The van der Waals surface area contributed by atoms with E-state index in [0.29, 0.717) is 12.3 Å². The topological polar surface area (TPSA) is 61.6 Å². The minimum atomic E-state index is -0.475. The third kappa shape index (κ3) is 2.67. The maximum Gasteiger partial charge on any atom is 0.339 e. The number of nitrogens with two attached hydrogens (primary N) is 1. The van der Waals surface area contributed by atoms with Gasteiger partial charge in [0.25, 0.3) is 0 Å². The highest BCUT2D eigenvalue weighted by Gasteiger charge is 2.25. The predicted molar refractivity (Wildman–Crippen MR) is 80.8 cm³/mol. The normalized spacial score (nSPS) is 16.1. The van der Waals surface area contributed by atoms with E-state index < -0.39 is 5.97 Å². The maximum atomic E-state index is 12.1. The van der Waals surface area contributed by atoms with E-state index in [1.807, 2.05) is 24.3 Å². The first-order chi connectivity index (χ1) is 10.2. The lowest BCUT2D eigenvalue weighted by Gasteiger charge is -2.11. The smallest absolute Gasteiger partial charge is 0.339 e. The molecule has 1 aliphatic heterocycles. The Balaban J connectivity index is 1.69. The molecule has 0 saturated carbocycles. The molecule has 2 N–H and O–H groups in total. The largest absolute Gasteiger partial charge is 0.493 e. The van der Waals surface area contributed by atoms with Crippen molar-refractivity contribution in [2.24, 2.45) is 0 Å². The zero-order chi connectivity index (χ0) is 14.8. The standard InChI is InChI=1S/C16H14ClNO3/c17-15-12(5-3-6-13(15)18)16(19)21-9-10-8-20-14-7-2-1-4-11(10)14/h1-7,10H,8-9,18H2. The highest BCUT2D eigenvalue weighted by molar-refractivity contribution is 6.36. The number of ether oxygens (including phenoxy) is 2. The van der Waals surface area contributed by atoms with Gasteiger partial charge in [0.05, 0.1) is 28.8 Å². The van der Waals surface area contributed by atoms with E-state index in [1.165, 1.54) is 0 Å². The molecule has 3 rings (SSSR count). The lowest BCUT2D eigenvalue weighted by molar-refractivity contribution is 0.0471. The van der Waals surface area contributed by atoms with E-state index in [-0.39, 0.29) is 23.1 Å². The third-order valence-corrected chi connectivity index (χ3v) is 3.88. The first kappa shape index (κ1) is 13.8. The van der Waals surface area contributed by atoms with Crippen molar-refractivity contribution >= 4 is 23.3 Å². The van der Waals surface area contributed by atoms with Crippen LogP contribution < -0.4 is 10.5 Å². The van der Waals surface area contributed by atoms with E-state index in [9.17, 15) is 4.79 Å². The average molecular weight is 304 g/mol. The molecule has 0 radical (unpaired) electrons. The second-order valence-corrected chi connectivity index (χ2v) is 5.23. The molecule has 0 bridgehead atoms. The second kappa shape index (κ2) is 5.66. The molecule has 1 heterocycles. The molecule has 4 nitrogen and oxygen atoms in total. The average Bonchev–Trinajstić information content (AvgIpc) is 2.91. The Morgan fingerprint density at radius 3 is 2.95 bits per heavy atom. The van der Waals surface area contributed by atoms with E-state index in [2.05, 4.69) is 0 Å². The minimum Gasteiger partial charge on any atom is -0.493 e. The number of hydrogen-bond acceptors (Lipinski definition) is 4. The summed E-state index contributed by atoms with van der Waals surface area (Å²) in [6.07, 6.45) is 0. The highest BCUT2D eigenvalue weighted by atomic mass is 35.5. The van der Waals surface area contributed by atoms with Crippen molar-refractivity contribution in [3.8, 4) is 5.75 Å². The van der Waals surface area contributed by atoms with Crippen molar-refractivity contribution in [2.75, 3.05) is 18.9 Å². The van der Waals surface area contributed by atoms with Gasteiger partial charge >= 0.3 is 5.97 Å². The number of carbonyl (C=O) groups excluding carboxylic acids is 1. The molecule has 0 aromatic heterocycles. The third-order valence-electron chi connectivity index (χ3n) is 3.46. The van der Waals surface area contributed by atoms with Gasteiger partial charge in [-0.1, -0.05) is 35.9 Å². The van der Waals surface area contributed by atoms with Gasteiger partial charge in [-0.2, -0.15) is 0 Å². The lowest BCUT2D eigenvalue weighted by atomic mass is 10.0. The van der Waals surface area contributed by atoms with Gasteiger partial charge in [-0.25, -0.2) is 4.79 Å². The Morgan fingerprint density at radius 2 is 2.10 bits per heavy atom. The van der Waals surface area contributed by atoms with Crippen LogP contribution in [0.4, 0.5) is 5.69 Å². The molecule has 108 valence electrons. The van der Waals surface area contributed by atoms with Crippen molar-refractivity contribution in [1.29, 1.82) is 0 Å². The fourth-order valence-electron chi connectivity index (χ4n) is 2.33. The number of para-hydroxylation sites is 1. The Bertz CT molecular complexity index is 687. The fraction of sp³-hybridized carbons (Fsp3) is 0.188. The first-order valence-electron chi connectivity index (χ1n) is 6.59. The Morgan fingerprint density at radius 1 is 1.29 bits per heavy atom. The van der Waals surface area contributed by atoms with Crippen LogP contribution in [0.5, 0.6) is 5.75 Å². The number of fused-ring (bicyclic) bond motifs is 1. The summed E-state index contributed by atoms with van der Waals surface area (Å²) in [6, 6.07) is 12.7. The Kier molecular flexibility index (Phi) is 3.71. The van der Waals surface area contributed by atoms with E-state index >= 15 is 0 Å². The molecule has 5 heteroatoms. The van der Waals surface area contributed by atoms with Gasteiger partial charge in [-0.3, -0.25) is 0 Å². The van der Waals surface area contributed by atoms with E-state index in [4.69, 9.17) is 26.8 Å². The SMILES string of the molecule is Nc1cccc(C(=O)OCC2COc3ccccc32)c1Cl. The van der Waals surface area contributed by atoms with Crippen LogP contribution in [0.3, 0.4) is 0 Å². The number of anilines is 1. The van der Waals surface area contributed by atoms with Crippen molar-refractivity contribution in [2.45, 2.75) is 5.92 Å². The monoisotopic (exact) mass is 303 g/mol. The summed E-state index contributed by atoms with van der Waals surface area (Å²) in [6.45, 7) is 0.762. The fourth-order valence-corrected chi connectivity index (χ4v) is 2.53. The van der Waals surface area contributed by atoms with Crippen molar-refractivity contribution in [1.82, 2.24) is 0 Å². The van der Waals surface area contributed by atoms with Gasteiger partial charge in [0.15, 0.2) is 0 Å². The molecule has 2 aromatic carbocycles. The number of esters is 1. The van der Waals surface area contributed by atoms with Crippen molar-refractivity contribution in [3.05, 3.63) is 58.6 Å². The van der Waals surface area contributed by atoms with Crippen LogP contribution >= 0.6 is 11.6 Å². The zero-order valence-electron chi connectivity index (χ0n) is 11.2. The molecular weight excluding hydrogens is 290 g/mol. The first-order valence-corrected chi connectivity index (χ1v) is 6.97. The Labute approximate surface area is 127 Å². The van der Waals surface area contributed by atoms with Gasteiger partial charge in [-0.15, -0.1) is 0 Å². The molecular formula is C16H14ClNO3. The summed E-state index contributed by atoms with van der Waals surface area (Å²) >= 11 is 6.01. The number of benzene rings is 2. The summed E-state index contributed by atoms with van der Waals surface area (Å²) < 4.78 is 10.9. The van der Waals surface area contributed by atoms with Gasteiger partial charge in [0.2, 0.25) is 0 Å². The summed E-state index contributed by atoms with van der Waals surface area (Å²) in [5.41, 5.74) is 7.38. The molecule has 1 unspecified atom stereocenters. The van der Waals surface area contributed by atoms with Gasteiger partial charge in [-0.05, 0) is 18.2 Å². The number of halogens is 1. The van der Waals surface area contributed by atoms with Crippen molar-refractivity contribution < 1.29 is 14.3 Å². The van der Waals surface area contributed by atoms with Crippen LogP contribution in [0.25, 0.3) is 0 Å². The van der Waals surface area contributed by atoms with Crippen LogP contribution in [0.1, 0.15) is 21.8 Å². The number of rotatable bonds is 3. The second-order valence-electron chi connectivity index (χ2n) is 4.85. The van der Waals surface area contributed by atoms with Crippen LogP contribution in [-0.4, -0.2) is 19.2 Å². The molecule has 0 aliphatic carbocycles. The zero-order valence-corrected chi connectivity index (χ0v) is 12.0. The summed E-state index contributed by atoms with van der Waals surface area (Å²) in [7, 11) is 0. The highest BCUT2D eigenvalue weighted by Crippen LogP contribution is 2.33. The Hall–Kier alpha value is -2.20. The summed E-state index contributed by atoms with van der Waals surface area (Å²) in [5, 5.41) is 0.227. The van der Waals surface area contributed by atoms with Gasteiger partial charge < -0.3 is 15.2 Å². The molecule has 2 aromatic rings. The van der Waals surface area contributed by atoms with E-state index in [1.54, 1.807) is 18.2 Å². The molecule has 1 aliphatic rings. The number of carbonyl (C=O) groups is 1. The quantitative estimate of drug-likeness (QED) is 0.698. The van der Waals surface area contributed by atoms with Crippen molar-refractivity contribution in [3.63, 3.8) is 0 Å². The minimum absolute atomic E-state index is 0.0463. The van der Waals surface area contributed by atoms with Crippen LogP contribution in [-0.2, 0) is 4.74 Å². The predicted octanol–water partition coefficient (Wildman–Crippen LogP) is 3.26. The van der Waals surface area contributed by atoms with Gasteiger partial charge in [0.1, 0.15) is 12.4 Å². The molecule has 0 spiro atoms. The summed E-state index contributed by atoms with van der Waals surface area (Å²) in [5.74, 6) is 0.419. The molecule has 21 heavy (non-hydrogen) atoms. The molecule has 0 amide bonds. The van der Waals surface area contributed by atoms with Crippen LogP contribution in [0.15, 0.2) is 42.5 Å². The number of nitrogen functional groups attached to an aromatic ring is 1. The van der Waals surface area contributed by atoms with Gasteiger partial charge in [0, 0.05) is 5.56 Å². The molecule has 0 fully saturated rings. The van der Waals surface area contributed by atoms with Crippen LogP contribution in [0, 0.1) is 0 Å². The van der Waals surface area contributed by atoms with Crippen LogP contribution in [0.2, 0.25) is 5.02 Å². The maximum absolute atomic E-state index is 12.1.